The number of thioether (sulfide) groups is 1. The Labute approximate surface area is 118 Å². The van der Waals surface area contributed by atoms with Gasteiger partial charge in [0.1, 0.15) is 11.8 Å². The summed E-state index contributed by atoms with van der Waals surface area (Å²) in [5, 5.41) is 19.2. The number of piperidine rings is 1. The fraction of sp³-hybridized carbons (Fsp3) is 0.533. The van der Waals surface area contributed by atoms with E-state index >= 15 is 0 Å². The van der Waals surface area contributed by atoms with Crippen molar-refractivity contribution in [2.45, 2.75) is 47.9 Å². The van der Waals surface area contributed by atoms with Crippen LogP contribution in [0.2, 0.25) is 0 Å². The van der Waals surface area contributed by atoms with Gasteiger partial charge in [0, 0.05) is 22.2 Å². The number of phenols is 1. The highest BCUT2D eigenvalue weighted by atomic mass is 32.2. The van der Waals surface area contributed by atoms with E-state index in [9.17, 15) is 5.11 Å². The third-order valence-corrected chi connectivity index (χ3v) is 5.76. The topological polar surface area (TPSA) is 47.3 Å². The van der Waals surface area contributed by atoms with E-state index in [-0.39, 0.29) is 5.75 Å². The second kappa shape index (κ2) is 5.07. The molecular formula is C15H18N2OS. The smallest absolute Gasteiger partial charge is 0.116 e. The van der Waals surface area contributed by atoms with E-state index < -0.39 is 0 Å². The summed E-state index contributed by atoms with van der Waals surface area (Å²) in [7, 11) is 2.24. The zero-order valence-electron chi connectivity index (χ0n) is 11.0. The molecule has 3 atom stereocenters. The largest absolute Gasteiger partial charge is 0.508 e. The van der Waals surface area contributed by atoms with E-state index in [1.165, 1.54) is 25.7 Å². The van der Waals surface area contributed by atoms with Crippen molar-refractivity contribution in [1.29, 1.82) is 5.26 Å². The number of nitriles is 1. The number of aromatic hydroxyl groups is 1. The minimum Gasteiger partial charge on any atom is -0.508 e. The van der Waals surface area contributed by atoms with E-state index in [0.29, 0.717) is 10.8 Å². The van der Waals surface area contributed by atoms with Gasteiger partial charge in [-0.3, -0.25) is 0 Å². The Hall–Kier alpha value is -1.18. The molecule has 3 rings (SSSR count). The first-order valence-electron chi connectivity index (χ1n) is 6.79. The number of benzene rings is 1. The Morgan fingerprint density at radius 2 is 2.00 bits per heavy atom. The number of fused-ring (bicyclic) bond motifs is 2. The number of hydrogen-bond acceptors (Lipinski definition) is 4. The quantitative estimate of drug-likeness (QED) is 0.900. The van der Waals surface area contributed by atoms with Crippen LogP contribution in [-0.2, 0) is 0 Å². The molecule has 0 spiro atoms. The van der Waals surface area contributed by atoms with Gasteiger partial charge in [-0.05, 0) is 50.9 Å². The van der Waals surface area contributed by atoms with Gasteiger partial charge in [-0.25, -0.2) is 0 Å². The maximum absolute atomic E-state index is 9.44. The summed E-state index contributed by atoms with van der Waals surface area (Å²) in [5.74, 6) is 0.171. The molecule has 2 aliphatic rings. The lowest BCUT2D eigenvalue weighted by Crippen LogP contribution is -2.40. The van der Waals surface area contributed by atoms with Gasteiger partial charge in [0.15, 0.2) is 0 Å². The van der Waals surface area contributed by atoms with Gasteiger partial charge < -0.3 is 10.0 Å². The van der Waals surface area contributed by atoms with E-state index in [1.54, 1.807) is 12.1 Å². The van der Waals surface area contributed by atoms with Crippen LogP contribution in [0.1, 0.15) is 31.2 Å². The molecule has 1 unspecified atom stereocenters. The molecular weight excluding hydrogens is 256 g/mol. The van der Waals surface area contributed by atoms with Crippen LogP contribution in [0.15, 0.2) is 23.1 Å². The number of hydrogen-bond donors (Lipinski definition) is 1. The Morgan fingerprint density at radius 1 is 1.32 bits per heavy atom. The van der Waals surface area contributed by atoms with Crippen molar-refractivity contribution in [2.75, 3.05) is 7.05 Å². The predicted octanol–water partition coefficient (Wildman–Crippen LogP) is 2.98. The molecule has 2 aliphatic heterocycles. The van der Waals surface area contributed by atoms with Crippen LogP contribution in [0.5, 0.6) is 5.75 Å². The lowest BCUT2D eigenvalue weighted by molar-refractivity contribution is 0.183. The zero-order chi connectivity index (χ0) is 13.4. The van der Waals surface area contributed by atoms with Crippen molar-refractivity contribution in [2.24, 2.45) is 0 Å². The first kappa shape index (κ1) is 12.8. The highest BCUT2D eigenvalue weighted by molar-refractivity contribution is 8.00. The van der Waals surface area contributed by atoms with Gasteiger partial charge in [0.2, 0.25) is 0 Å². The predicted molar refractivity (Wildman–Crippen MR) is 76.3 cm³/mol. The summed E-state index contributed by atoms with van der Waals surface area (Å²) in [5.41, 5.74) is 0.594. The summed E-state index contributed by atoms with van der Waals surface area (Å²) in [6, 6.07) is 8.73. The maximum atomic E-state index is 9.44. The van der Waals surface area contributed by atoms with Gasteiger partial charge >= 0.3 is 0 Å². The molecule has 1 aromatic rings. The van der Waals surface area contributed by atoms with E-state index in [2.05, 4.69) is 18.0 Å². The molecule has 2 bridgehead atoms. The van der Waals surface area contributed by atoms with Gasteiger partial charge in [0.25, 0.3) is 0 Å². The standard InChI is InChI=1S/C15H18N2OS/c1-17-11-2-3-12(17)8-14(7-11)19-15-5-4-13(18)6-10(15)9-16/h4-6,11-12,14,18H,2-3,7-8H2,1H3/t11-,12+,14?. The van der Waals surface area contributed by atoms with Crippen LogP contribution in [0.25, 0.3) is 0 Å². The number of phenolic OH excluding ortho intramolecular Hbond substituents is 1. The SMILES string of the molecule is CN1[C@@H]2CC[C@H]1CC(Sc1ccc(O)cc1C#N)C2. The maximum Gasteiger partial charge on any atom is 0.116 e. The molecule has 1 aromatic carbocycles. The van der Waals surface area contributed by atoms with Gasteiger partial charge in [-0.2, -0.15) is 5.26 Å². The van der Waals surface area contributed by atoms with Crippen LogP contribution in [0, 0.1) is 11.3 Å². The molecule has 2 saturated heterocycles. The monoisotopic (exact) mass is 274 g/mol. The Morgan fingerprint density at radius 3 is 2.63 bits per heavy atom. The van der Waals surface area contributed by atoms with Crippen LogP contribution in [0.3, 0.4) is 0 Å². The zero-order valence-corrected chi connectivity index (χ0v) is 11.9. The summed E-state index contributed by atoms with van der Waals surface area (Å²) >= 11 is 1.81. The summed E-state index contributed by atoms with van der Waals surface area (Å²) in [6.45, 7) is 0. The highest BCUT2D eigenvalue weighted by Crippen LogP contribution is 2.42. The Balaban J connectivity index is 1.75. The average Bonchev–Trinajstić information content (AvgIpc) is 2.64. The lowest BCUT2D eigenvalue weighted by atomic mass is 10.0. The van der Waals surface area contributed by atoms with Crippen molar-refractivity contribution in [1.82, 2.24) is 4.90 Å². The van der Waals surface area contributed by atoms with Crippen molar-refractivity contribution in [3.63, 3.8) is 0 Å². The molecule has 0 saturated carbocycles. The molecule has 2 heterocycles. The molecule has 4 heteroatoms. The molecule has 0 radical (unpaired) electrons. The van der Waals surface area contributed by atoms with E-state index in [1.807, 2.05) is 17.8 Å². The molecule has 1 N–H and O–H groups in total. The van der Waals surface area contributed by atoms with Crippen molar-refractivity contribution < 1.29 is 5.11 Å². The fourth-order valence-corrected chi connectivity index (χ4v) is 4.72. The van der Waals surface area contributed by atoms with Crippen LogP contribution in [0.4, 0.5) is 0 Å². The van der Waals surface area contributed by atoms with Crippen molar-refractivity contribution in [3.8, 4) is 11.8 Å². The third-order valence-electron chi connectivity index (χ3n) is 4.43. The Kier molecular flexibility index (Phi) is 3.42. The first-order chi connectivity index (χ1) is 9.17. The third kappa shape index (κ3) is 2.45. The first-order valence-corrected chi connectivity index (χ1v) is 7.67. The summed E-state index contributed by atoms with van der Waals surface area (Å²) < 4.78 is 0. The minimum atomic E-state index is 0.171. The van der Waals surface area contributed by atoms with E-state index in [4.69, 9.17) is 5.26 Å². The van der Waals surface area contributed by atoms with Gasteiger partial charge in [-0.15, -0.1) is 11.8 Å². The molecule has 100 valence electrons. The minimum absolute atomic E-state index is 0.171. The van der Waals surface area contributed by atoms with Gasteiger partial charge in [0.05, 0.1) is 5.56 Å². The van der Waals surface area contributed by atoms with Crippen LogP contribution < -0.4 is 0 Å². The van der Waals surface area contributed by atoms with Crippen LogP contribution >= 0.6 is 11.8 Å². The molecule has 0 aromatic heterocycles. The van der Waals surface area contributed by atoms with Crippen molar-refractivity contribution >= 4 is 11.8 Å². The lowest BCUT2D eigenvalue weighted by Gasteiger charge is -2.36. The molecule has 3 nitrogen and oxygen atoms in total. The van der Waals surface area contributed by atoms with Crippen molar-refractivity contribution in [3.05, 3.63) is 23.8 Å². The normalized spacial score (nSPS) is 30.2. The molecule has 2 fully saturated rings. The Bertz CT molecular complexity index is 511. The summed E-state index contributed by atoms with van der Waals surface area (Å²) in [6.07, 6.45) is 5.06. The fourth-order valence-electron chi connectivity index (χ4n) is 3.35. The van der Waals surface area contributed by atoms with Gasteiger partial charge in [-0.1, -0.05) is 0 Å². The van der Waals surface area contributed by atoms with Crippen LogP contribution in [-0.4, -0.2) is 34.4 Å². The number of nitrogens with zero attached hydrogens (tertiary/aromatic N) is 2. The second-order valence-electron chi connectivity index (χ2n) is 5.55. The molecule has 19 heavy (non-hydrogen) atoms. The second-order valence-corrected chi connectivity index (χ2v) is 6.90. The number of rotatable bonds is 2. The molecule has 0 aliphatic carbocycles. The molecule has 0 amide bonds. The summed E-state index contributed by atoms with van der Waals surface area (Å²) in [4.78, 5) is 3.54. The highest BCUT2D eigenvalue weighted by Gasteiger charge is 2.38. The average molecular weight is 274 g/mol. The van der Waals surface area contributed by atoms with E-state index in [0.717, 1.165) is 17.0 Å².